The number of hydrogen-bond donors (Lipinski definition) is 2. The van der Waals surface area contributed by atoms with Gasteiger partial charge in [0.15, 0.2) is 0 Å². The van der Waals surface area contributed by atoms with Crippen LogP contribution in [-0.4, -0.2) is 7.11 Å². The molecule has 0 aromatic heterocycles. The Bertz CT molecular complexity index is 642. The van der Waals surface area contributed by atoms with Crippen molar-refractivity contribution >= 4 is 27.3 Å². The van der Waals surface area contributed by atoms with E-state index >= 15 is 0 Å². The number of methoxy groups -OCH3 is 1. The summed E-state index contributed by atoms with van der Waals surface area (Å²) in [5.74, 6) is 0.858. The zero-order chi connectivity index (χ0) is 14.1. The zero-order valence-corrected chi connectivity index (χ0v) is 12.9. The van der Waals surface area contributed by atoms with Crippen LogP contribution < -0.4 is 15.8 Å². The van der Waals surface area contributed by atoms with E-state index in [9.17, 15) is 0 Å². The molecule has 0 saturated heterocycles. The molecule has 0 aliphatic heterocycles. The lowest BCUT2D eigenvalue weighted by Gasteiger charge is -2.18. The third kappa shape index (κ3) is 2.48. The molecule has 3 nitrogen and oxygen atoms in total. The molecule has 0 radical (unpaired) electrons. The van der Waals surface area contributed by atoms with Crippen LogP contribution in [0.1, 0.15) is 23.6 Å². The molecule has 1 aliphatic carbocycles. The number of benzene rings is 2. The highest BCUT2D eigenvalue weighted by Crippen LogP contribution is 2.38. The Kier molecular flexibility index (Phi) is 3.57. The van der Waals surface area contributed by atoms with E-state index in [0.717, 1.165) is 34.4 Å². The van der Waals surface area contributed by atoms with Gasteiger partial charge in [0.05, 0.1) is 18.8 Å². The molecule has 0 spiro atoms. The number of halogens is 1. The van der Waals surface area contributed by atoms with E-state index in [1.54, 1.807) is 7.11 Å². The standard InChI is InChI=1S/C16H17BrN2O/c1-20-16-7-3-11(17)9-15(16)19-14-6-2-10-8-12(18)4-5-13(10)14/h3-5,7-9,14,19H,2,6,18H2,1H3. The van der Waals surface area contributed by atoms with Gasteiger partial charge >= 0.3 is 0 Å². The lowest BCUT2D eigenvalue weighted by atomic mass is 10.1. The third-order valence-electron chi connectivity index (χ3n) is 3.74. The number of nitrogen functional groups attached to an aromatic ring is 1. The van der Waals surface area contributed by atoms with Crippen molar-refractivity contribution in [3.63, 3.8) is 0 Å². The molecule has 4 heteroatoms. The Labute approximate surface area is 127 Å². The van der Waals surface area contributed by atoms with Crippen LogP contribution in [0.2, 0.25) is 0 Å². The topological polar surface area (TPSA) is 47.3 Å². The third-order valence-corrected chi connectivity index (χ3v) is 4.23. The number of aryl methyl sites for hydroxylation is 1. The van der Waals surface area contributed by atoms with E-state index in [1.807, 2.05) is 24.3 Å². The lowest BCUT2D eigenvalue weighted by Crippen LogP contribution is -2.08. The molecule has 1 aliphatic rings. The van der Waals surface area contributed by atoms with Crippen molar-refractivity contribution in [1.82, 2.24) is 0 Å². The van der Waals surface area contributed by atoms with Crippen LogP contribution in [0.3, 0.4) is 0 Å². The number of nitrogens with two attached hydrogens (primary N) is 1. The molecular formula is C16H17BrN2O. The first-order chi connectivity index (χ1) is 9.67. The van der Waals surface area contributed by atoms with Crippen molar-refractivity contribution in [2.45, 2.75) is 18.9 Å². The maximum Gasteiger partial charge on any atom is 0.142 e. The van der Waals surface area contributed by atoms with Crippen LogP contribution in [0.4, 0.5) is 11.4 Å². The largest absolute Gasteiger partial charge is 0.495 e. The number of nitrogens with one attached hydrogen (secondary N) is 1. The molecule has 104 valence electrons. The van der Waals surface area contributed by atoms with Crippen LogP contribution in [0, 0.1) is 0 Å². The molecule has 0 fully saturated rings. The van der Waals surface area contributed by atoms with E-state index in [-0.39, 0.29) is 0 Å². The molecular weight excluding hydrogens is 316 g/mol. The van der Waals surface area contributed by atoms with Gasteiger partial charge in [-0.15, -0.1) is 0 Å². The van der Waals surface area contributed by atoms with Crippen molar-refractivity contribution < 1.29 is 4.74 Å². The minimum atomic E-state index is 0.314. The van der Waals surface area contributed by atoms with Gasteiger partial charge < -0.3 is 15.8 Å². The average Bonchev–Trinajstić information content (AvgIpc) is 2.81. The summed E-state index contributed by atoms with van der Waals surface area (Å²) >= 11 is 3.50. The molecule has 0 amide bonds. The lowest BCUT2D eigenvalue weighted by molar-refractivity contribution is 0.416. The Balaban J connectivity index is 1.89. The first-order valence-electron chi connectivity index (χ1n) is 6.66. The molecule has 0 bridgehead atoms. The van der Waals surface area contributed by atoms with Crippen LogP contribution in [0.15, 0.2) is 40.9 Å². The summed E-state index contributed by atoms with van der Waals surface area (Å²) in [4.78, 5) is 0. The van der Waals surface area contributed by atoms with Gasteiger partial charge in [0.1, 0.15) is 5.75 Å². The molecule has 2 aromatic rings. The molecule has 1 atom stereocenters. The van der Waals surface area contributed by atoms with Crippen molar-refractivity contribution in [3.8, 4) is 5.75 Å². The monoisotopic (exact) mass is 332 g/mol. The Morgan fingerprint density at radius 1 is 1.25 bits per heavy atom. The second-order valence-corrected chi connectivity index (χ2v) is 5.95. The van der Waals surface area contributed by atoms with Gasteiger partial charge in [-0.2, -0.15) is 0 Å². The average molecular weight is 333 g/mol. The van der Waals surface area contributed by atoms with Gasteiger partial charge in [-0.1, -0.05) is 22.0 Å². The minimum Gasteiger partial charge on any atom is -0.495 e. The van der Waals surface area contributed by atoms with Gasteiger partial charge in [0, 0.05) is 10.2 Å². The highest BCUT2D eigenvalue weighted by Gasteiger charge is 2.23. The number of rotatable bonds is 3. The number of ether oxygens (including phenoxy) is 1. The summed E-state index contributed by atoms with van der Waals surface area (Å²) < 4.78 is 6.45. The molecule has 0 heterocycles. The van der Waals surface area contributed by atoms with Crippen LogP contribution >= 0.6 is 15.9 Å². The summed E-state index contributed by atoms with van der Waals surface area (Å²) in [6.07, 6.45) is 2.14. The normalized spacial score (nSPS) is 16.8. The first kappa shape index (κ1) is 13.3. The van der Waals surface area contributed by atoms with E-state index < -0.39 is 0 Å². The van der Waals surface area contributed by atoms with Crippen molar-refractivity contribution in [1.29, 1.82) is 0 Å². The van der Waals surface area contributed by atoms with E-state index in [0.29, 0.717) is 6.04 Å². The van der Waals surface area contributed by atoms with Gasteiger partial charge in [-0.3, -0.25) is 0 Å². The number of fused-ring (bicyclic) bond motifs is 1. The summed E-state index contributed by atoms with van der Waals surface area (Å²) in [6.45, 7) is 0. The quantitative estimate of drug-likeness (QED) is 0.830. The fraction of sp³-hybridized carbons (Fsp3) is 0.250. The summed E-state index contributed by atoms with van der Waals surface area (Å²) in [5.41, 5.74) is 10.4. The van der Waals surface area contributed by atoms with Crippen molar-refractivity contribution in [3.05, 3.63) is 52.0 Å². The van der Waals surface area contributed by atoms with Crippen LogP contribution in [-0.2, 0) is 6.42 Å². The first-order valence-corrected chi connectivity index (χ1v) is 7.45. The fourth-order valence-electron chi connectivity index (χ4n) is 2.77. The molecule has 3 rings (SSSR count). The van der Waals surface area contributed by atoms with Crippen LogP contribution in [0.5, 0.6) is 5.75 Å². The molecule has 2 aromatic carbocycles. The van der Waals surface area contributed by atoms with Gasteiger partial charge in [0.25, 0.3) is 0 Å². The highest BCUT2D eigenvalue weighted by molar-refractivity contribution is 9.10. The van der Waals surface area contributed by atoms with E-state index in [4.69, 9.17) is 10.5 Å². The predicted molar refractivity (Wildman–Crippen MR) is 86.2 cm³/mol. The number of hydrogen-bond acceptors (Lipinski definition) is 3. The Morgan fingerprint density at radius 2 is 2.10 bits per heavy atom. The molecule has 0 saturated carbocycles. The minimum absolute atomic E-state index is 0.314. The van der Waals surface area contributed by atoms with Gasteiger partial charge in [-0.05, 0) is 54.3 Å². The highest BCUT2D eigenvalue weighted by atomic mass is 79.9. The Morgan fingerprint density at radius 3 is 2.90 bits per heavy atom. The van der Waals surface area contributed by atoms with Crippen LogP contribution in [0.25, 0.3) is 0 Å². The maximum absolute atomic E-state index is 5.85. The van der Waals surface area contributed by atoms with Crippen molar-refractivity contribution in [2.24, 2.45) is 0 Å². The maximum atomic E-state index is 5.85. The van der Waals surface area contributed by atoms with Gasteiger partial charge in [0.2, 0.25) is 0 Å². The van der Waals surface area contributed by atoms with Gasteiger partial charge in [-0.25, -0.2) is 0 Å². The van der Waals surface area contributed by atoms with E-state index in [1.165, 1.54) is 11.1 Å². The van der Waals surface area contributed by atoms with Crippen molar-refractivity contribution in [2.75, 3.05) is 18.2 Å². The zero-order valence-electron chi connectivity index (χ0n) is 11.3. The number of anilines is 2. The SMILES string of the molecule is COc1ccc(Br)cc1NC1CCc2cc(N)ccc21. The summed E-state index contributed by atoms with van der Waals surface area (Å²) in [5, 5.41) is 3.58. The second kappa shape index (κ2) is 5.37. The molecule has 3 N–H and O–H groups in total. The predicted octanol–water partition coefficient (Wildman–Crippen LogP) is 4.14. The molecule has 20 heavy (non-hydrogen) atoms. The fourth-order valence-corrected chi connectivity index (χ4v) is 3.13. The smallest absolute Gasteiger partial charge is 0.142 e. The summed E-state index contributed by atoms with van der Waals surface area (Å²) in [7, 11) is 1.69. The molecule has 1 unspecified atom stereocenters. The second-order valence-electron chi connectivity index (χ2n) is 5.04. The summed E-state index contributed by atoms with van der Waals surface area (Å²) in [6, 6.07) is 12.5. The van der Waals surface area contributed by atoms with E-state index in [2.05, 4.69) is 33.4 Å². The Hall–Kier alpha value is -1.68.